The maximum Gasteiger partial charge on any atom is 0.311 e. The van der Waals surface area contributed by atoms with E-state index < -0.39 is 11.4 Å². The number of hydrogen-bond acceptors (Lipinski definition) is 2. The molecule has 0 bridgehead atoms. The van der Waals surface area contributed by atoms with Gasteiger partial charge in [-0.05, 0) is 31.1 Å². The molecular formula is C10H19NO2. The van der Waals surface area contributed by atoms with E-state index in [1.807, 2.05) is 0 Å². The fourth-order valence-electron chi connectivity index (χ4n) is 2.13. The summed E-state index contributed by atoms with van der Waals surface area (Å²) in [5.74, 6) is 0.0313. The highest BCUT2D eigenvalue weighted by atomic mass is 16.4. The molecule has 1 aliphatic rings. The second-order valence-corrected chi connectivity index (χ2v) is 4.54. The van der Waals surface area contributed by atoms with Gasteiger partial charge in [0.15, 0.2) is 0 Å². The predicted octanol–water partition coefficient (Wildman–Crippen LogP) is 1.47. The molecule has 0 aliphatic heterocycles. The van der Waals surface area contributed by atoms with Gasteiger partial charge in [-0.1, -0.05) is 13.8 Å². The number of carboxylic acid groups (broad SMARTS) is 1. The van der Waals surface area contributed by atoms with Gasteiger partial charge in [0.1, 0.15) is 0 Å². The van der Waals surface area contributed by atoms with Crippen LogP contribution in [0.2, 0.25) is 0 Å². The molecule has 0 amide bonds. The fourth-order valence-corrected chi connectivity index (χ4v) is 2.13. The summed E-state index contributed by atoms with van der Waals surface area (Å²) < 4.78 is 0. The van der Waals surface area contributed by atoms with Crippen LogP contribution < -0.4 is 5.73 Å². The molecule has 3 nitrogen and oxygen atoms in total. The quantitative estimate of drug-likeness (QED) is 0.681. The van der Waals surface area contributed by atoms with Gasteiger partial charge in [-0.15, -0.1) is 0 Å². The van der Waals surface area contributed by atoms with E-state index in [0.717, 1.165) is 12.8 Å². The molecule has 0 saturated heterocycles. The second-order valence-electron chi connectivity index (χ2n) is 4.54. The molecule has 1 atom stereocenters. The highest BCUT2D eigenvalue weighted by Crippen LogP contribution is 2.48. The van der Waals surface area contributed by atoms with Crippen molar-refractivity contribution in [2.45, 2.75) is 33.1 Å². The maximum atomic E-state index is 11.2. The highest BCUT2D eigenvalue weighted by Gasteiger charge is 2.50. The number of aliphatic carboxylic acids is 1. The number of rotatable bonds is 5. The first kappa shape index (κ1) is 10.5. The first-order valence-corrected chi connectivity index (χ1v) is 4.96. The van der Waals surface area contributed by atoms with E-state index in [9.17, 15) is 9.90 Å². The summed E-state index contributed by atoms with van der Waals surface area (Å²) in [5, 5.41) is 9.20. The molecule has 76 valence electrons. The van der Waals surface area contributed by atoms with Gasteiger partial charge in [-0.3, -0.25) is 4.79 Å². The minimum Gasteiger partial charge on any atom is -0.481 e. The Bertz CT molecular complexity index is 199. The number of carboxylic acids is 1. The SMILES string of the molecule is CC(C)CC(CN)(C(=O)O)C1CC1. The van der Waals surface area contributed by atoms with E-state index in [1.54, 1.807) is 0 Å². The van der Waals surface area contributed by atoms with Gasteiger partial charge in [-0.25, -0.2) is 0 Å². The van der Waals surface area contributed by atoms with Gasteiger partial charge in [0.05, 0.1) is 5.41 Å². The molecule has 1 fully saturated rings. The van der Waals surface area contributed by atoms with E-state index in [-0.39, 0.29) is 6.54 Å². The third-order valence-electron chi connectivity index (χ3n) is 2.92. The third kappa shape index (κ3) is 2.02. The first-order valence-electron chi connectivity index (χ1n) is 4.96. The van der Waals surface area contributed by atoms with Crippen LogP contribution in [0.5, 0.6) is 0 Å². The predicted molar refractivity (Wildman–Crippen MR) is 51.3 cm³/mol. The van der Waals surface area contributed by atoms with E-state index >= 15 is 0 Å². The summed E-state index contributed by atoms with van der Waals surface area (Å²) in [6.07, 6.45) is 2.79. The lowest BCUT2D eigenvalue weighted by atomic mass is 9.76. The summed E-state index contributed by atoms with van der Waals surface area (Å²) >= 11 is 0. The molecule has 0 heterocycles. The maximum absolute atomic E-state index is 11.2. The Hall–Kier alpha value is -0.570. The minimum atomic E-state index is -0.703. The van der Waals surface area contributed by atoms with Crippen LogP contribution in [0.4, 0.5) is 0 Å². The summed E-state index contributed by atoms with van der Waals surface area (Å²) in [6, 6.07) is 0. The zero-order chi connectivity index (χ0) is 10.1. The van der Waals surface area contributed by atoms with Crippen LogP contribution in [0.25, 0.3) is 0 Å². The van der Waals surface area contributed by atoms with Crippen LogP contribution in [0, 0.1) is 17.3 Å². The molecule has 1 unspecified atom stereocenters. The highest BCUT2D eigenvalue weighted by molar-refractivity contribution is 5.76. The van der Waals surface area contributed by atoms with Crippen LogP contribution in [-0.2, 0) is 4.79 Å². The van der Waals surface area contributed by atoms with Crippen LogP contribution in [0.1, 0.15) is 33.1 Å². The number of nitrogens with two attached hydrogens (primary N) is 1. The minimum absolute atomic E-state index is 0.283. The van der Waals surface area contributed by atoms with Crippen molar-refractivity contribution in [3.8, 4) is 0 Å². The molecule has 3 N–H and O–H groups in total. The molecule has 0 aromatic carbocycles. The Kier molecular flexibility index (Phi) is 2.96. The largest absolute Gasteiger partial charge is 0.481 e. The third-order valence-corrected chi connectivity index (χ3v) is 2.92. The number of hydrogen-bond donors (Lipinski definition) is 2. The zero-order valence-electron chi connectivity index (χ0n) is 8.42. The van der Waals surface area contributed by atoms with Crippen molar-refractivity contribution in [3.05, 3.63) is 0 Å². The summed E-state index contributed by atoms with van der Waals surface area (Å²) in [5.41, 5.74) is 4.99. The molecular weight excluding hydrogens is 166 g/mol. The molecule has 0 spiro atoms. The van der Waals surface area contributed by atoms with E-state index in [0.29, 0.717) is 18.3 Å². The topological polar surface area (TPSA) is 63.3 Å². The van der Waals surface area contributed by atoms with E-state index in [1.165, 1.54) is 0 Å². The van der Waals surface area contributed by atoms with Gasteiger partial charge < -0.3 is 10.8 Å². The van der Waals surface area contributed by atoms with Crippen molar-refractivity contribution >= 4 is 5.97 Å². The lowest BCUT2D eigenvalue weighted by Gasteiger charge is -2.29. The Morgan fingerprint density at radius 1 is 1.62 bits per heavy atom. The van der Waals surface area contributed by atoms with Crippen molar-refractivity contribution in [3.63, 3.8) is 0 Å². The van der Waals surface area contributed by atoms with Crippen molar-refractivity contribution in [1.29, 1.82) is 0 Å². The normalized spacial score (nSPS) is 21.5. The molecule has 3 heteroatoms. The fraction of sp³-hybridized carbons (Fsp3) is 0.900. The average molecular weight is 185 g/mol. The van der Waals surface area contributed by atoms with Crippen molar-refractivity contribution in [2.24, 2.45) is 23.0 Å². The van der Waals surface area contributed by atoms with Crippen LogP contribution in [0.3, 0.4) is 0 Å². The molecule has 13 heavy (non-hydrogen) atoms. The summed E-state index contributed by atoms with van der Waals surface area (Å²) in [6.45, 7) is 4.39. The lowest BCUT2D eigenvalue weighted by Crippen LogP contribution is -2.41. The summed E-state index contributed by atoms with van der Waals surface area (Å²) in [7, 11) is 0. The molecule has 0 aromatic heterocycles. The second kappa shape index (κ2) is 3.66. The molecule has 1 saturated carbocycles. The van der Waals surface area contributed by atoms with Crippen molar-refractivity contribution in [2.75, 3.05) is 6.54 Å². The Morgan fingerprint density at radius 3 is 2.38 bits per heavy atom. The molecule has 0 radical (unpaired) electrons. The van der Waals surface area contributed by atoms with Gasteiger partial charge in [0.2, 0.25) is 0 Å². The van der Waals surface area contributed by atoms with Crippen molar-refractivity contribution < 1.29 is 9.90 Å². The van der Waals surface area contributed by atoms with Gasteiger partial charge in [0.25, 0.3) is 0 Å². The molecule has 1 rings (SSSR count). The van der Waals surface area contributed by atoms with Crippen molar-refractivity contribution in [1.82, 2.24) is 0 Å². The first-order chi connectivity index (χ1) is 6.03. The number of carbonyl (C=O) groups is 1. The Morgan fingerprint density at radius 2 is 2.15 bits per heavy atom. The van der Waals surface area contributed by atoms with Crippen LogP contribution >= 0.6 is 0 Å². The van der Waals surface area contributed by atoms with Crippen LogP contribution in [0.15, 0.2) is 0 Å². The van der Waals surface area contributed by atoms with E-state index in [2.05, 4.69) is 13.8 Å². The molecule has 0 aromatic rings. The van der Waals surface area contributed by atoms with Gasteiger partial charge in [0, 0.05) is 6.54 Å². The lowest BCUT2D eigenvalue weighted by molar-refractivity contribution is -0.151. The zero-order valence-corrected chi connectivity index (χ0v) is 8.42. The van der Waals surface area contributed by atoms with Gasteiger partial charge >= 0.3 is 5.97 Å². The smallest absolute Gasteiger partial charge is 0.311 e. The Balaban J connectivity index is 2.75. The summed E-state index contributed by atoms with van der Waals surface area (Å²) in [4.78, 5) is 11.2. The average Bonchev–Trinajstić information content (AvgIpc) is 2.81. The van der Waals surface area contributed by atoms with E-state index in [4.69, 9.17) is 5.73 Å². The van der Waals surface area contributed by atoms with Crippen LogP contribution in [-0.4, -0.2) is 17.6 Å². The van der Waals surface area contributed by atoms with Gasteiger partial charge in [-0.2, -0.15) is 0 Å². The standard InChI is InChI=1S/C10H19NO2/c1-7(2)5-10(6-11,9(12)13)8-3-4-8/h7-8H,3-6,11H2,1-2H3,(H,12,13). The monoisotopic (exact) mass is 185 g/mol. The Labute approximate surface area is 79.3 Å². The molecule has 1 aliphatic carbocycles.